The predicted octanol–water partition coefficient (Wildman–Crippen LogP) is 2.97. The number of urea groups is 1. The fourth-order valence-corrected chi connectivity index (χ4v) is 2.66. The summed E-state index contributed by atoms with van der Waals surface area (Å²) >= 11 is 0. The summed E-state index contributed by atoms with van der Waals surface area (Å²) in [4.78, 5) is 34.6. The average Bonchev–Trinajstić information content (AvgIpc) is 2.45. The number of carboxylic acids is 1. The van der Waals surface area contributed by atoms with Crippen LogP contribution in [0.15, 0.2) is 18.2 Å². The Hall–Kier alpha value is -2.37. The van der Waals surface area contributed by atoms with E-state index in [1.807, 2.05) is 6.07 Å². The van der Waals surface area contributed by atoms with Gasteiger partial charge >= 0.3 is 12.0 Å². The van der Waals surface area contributed by atoms with Crippen molar-refractivity contribution >= 4 is 23.5 Å². The summed E-state index contributed by atoms with van der Waals surface area (Å²) in [5.41, 5.74) is 1.63. The number of aliphatic carboxylic acids is 1. The minimum atomic E-state index is -0.895. The predicted molar refractivity (Wildman–Crippen MR) is 86.8 cm³/mol. The molecule has 6 nitrogen and oxygen atoms in total. The molecule has 0 heterocycles. The number of fused-ring (bicyclic) bond motifs is 1. The molecule has 3 N–H and O–H groups in total. The maximum atomic E-state index is 12.1. The van der Waals surface area contributed by atoms with Crippen LogP contribution in [0, 0.1) is 0 Å². The second-order valence-corrected chi connectivity index (χ2v) is 6.51. The number of Topliss-reactive ketones (excluding diaryl/α,β-unsaturated/α-hetero) is 1. The number of benzene rings is 1. The van der Waals surface area contributed by atoms with E-state index >= 15 is 0 Å². The van der Waals surface area contributed by atoms with E-state index in [4.69, 9.17) is 5.11 Å². The summed E-state index contributed by atoms with van der Waals surface area (Å²) in [6.07, 6.45) is 2.62. The van der Waals surface area contributed by atoms with E-state index in [2.05, 4.69) is 10.6 Å². The number of nitrogens with one attached hydrogen (secondary N) is 2. The van der Waals surface area contributed by atoms with Gasteiger partial charge in [-0.1, -0.05) is 6.07 Å². The second-order valence-electron chi connectivity index (χ2n) is 6.51. The van der Waals surface area contributed by atoms with Crippen LogP contribution < -0.4 is 10.6 Å². The average molecular weight is 318 g/mol. The number of carbonyl (C=O) groups excluding carboxylic acids is 2. The molecule has 0 unspecified atom stereocenters. The summed E-state index contributed by atoms with van der Waals surface area (Å²) in [6, 6.07) is 4.95. The fraction of sp³-hybridized carbons (Fsp3) is 0.471. The molecular formula is C17H22N2O4. The van der Waals surface area contributed by atoms with Gasteiger partial charge < -0.3 is 15.7 Å². The molecular weight excluding hydrogens is 296 g/mol. The maximum absolute atomic E-state index is 12.1. The van der Waals surface area contributed by atoms with E-state index < -0.39 is 17.5 Å². The first-order valence-corrected chi connectivity index (χ1v) is 7.74. The van der Waals surface area contributed by atoms with Gasteiger partial charge in [-0.3, -0.25) is 9.59 Å². The van der Waals surface area contributed by atoms with Gasteiger partial charge in [0.05, 0.1) is 0 Å². The molecule has 1 aromatic carbocycles. The molecule has 0 atom stereocenters. The molecule has 1 aromatic rings. The van der Waals surface area contributed by atoms with Crippen molar-refractivity contribution in [1.82, 2.24) is 5.32 Å². The van der Waals surface area contributed by atoms with Crippen LogP contribution in [0.25, 0.3) is 0 Å². The zero-order valence-electron chi connectivity index (χ0n) is 13.4. The second kappa shape index (κ2) is 6.81. The Balaban J connectivity index is 1.99. The van der Waals surface area contributed by atoms with E-state index in [0.717, 1.165) is 18.4 Å². The van der Waals surface area contributed by atoms with Crippen LogP contribution in [0.2, 0.25) is 0 Å². The number of aryl methyl sites for hydroxylation is 1. The van der Waals surface area contributed by atoms with Crippen LogP contribution in [0.3, 0.4) is 0 Å². The zero-order chi connectivity index (χ0) is 17.0. The fourth-order valence-electron chi connectivity index (χ4n) is 2.66. The van der Waals surface area contributed by atoms with E-state index in [9.17, 15) is 14.4 Å². The largest absolute Gasteiger partial charge is 0.481 e. The summed E-state index contributed by atoms with van der Waals surface area (Å²) in [7, 11) is 0. The molecule has 0 radical (unpaired) electrons. The number of carbonyl (C=O) groups is 3. The summed E-state index contributed by atoms with van der Waals surface area (Å²) < 4.78 is 0. The molecule has 2 rings (SSSR count). The lowest BCUT2D eigenvalue weighted by molar-refractivity contribution is -0.137. The maximum Gasteiger partial charge on any atom is 0.319 e. The number of hydrogen-bond acceptors (Lipinski definition) is 3. The van der Waals surface area contributed by atoms with Crippen molar-refractivity contribution < 1.29 is 19.5 Å². The lowest BCUT2D eigenvalue weighted by Gasteiger charge is -2.26. The van der Waals surface area contributed by atoms with Gasteiger partial charge in [0.15, 0.2) is 5.78 Å². The molecule has 0 spiro atoms. The topological polar surface area (TPSA) is 95.5 Å². The van der Waals surface area contributed by atoms with Crippen LogP contribution >= 0.6 is 0 Å². The van der Waals surface area contributed by atoms with Crippen LogP contribution in [0.4, 0.5) is 10.5 Å². The highest BCUT2D eigenvalue weighted by atomic mass is 16.4. The number of carboxylic acid groups (broad SMARTS) is 1. The van der Waals surface area contributed by atoms with Gasteiger partial charge in [0.2, 0.25) is 0 Å². The van der Waals surface area contributed by atoms with E-state index in [0.29, 0.717) is 24.1 Å². The Morgan fingerprint density at radius 2 is 2.00 bits per heavy atom. The van der Waals surface area contributed by atoms with Crippen LogP contribution in [0.1, 0.15) is 55.5 Å². The van der Waals surface area contributed by atoms with Crippen molar-refractivity contribution in [2.24, 2.45) is 0 Å². The number of amides is 2. The Labute approximate surface area is 135 Å². The van der Waals surface area contributed by atoms with Gasteiger partial charge in [0, 0.05) is 29.6 Å². The molecule has 0 fully saturated rings. The molecule has 1 aliphatic rings. The van der Waals surface area contributed by atoms with Gasteiger partial charge in [-0.15, -0.1) is 0 Å². The highest BCUT2D eigenvalue weighted by molar-refractivity contribution is 6.00. The van der Waals surface area contributed by atoms with Crippen LogP contribution in [0.5, 0.6) is 0 Å². The van der Waals surface area contributed by atoms with Gasteiger partial charge in [-0.05, 0) is 50.8 Å². The third-order valence-electron chi connectivity index (χ3n) is 3.93. The lowest BCUT2D eigenvalue weighted by Crippen LogP contribution is -2.45. The third kappa shape index (κ3) is 4.81. The summed E-state index contributed by atoms with van der Waals surface area (Å²) in [5.74, 6) is -0.787. The van der Waals surface area contributed by atoms with Crippen molar-refractivity contribution in [2.75, 3.05) is 5.32 Å². The monoisotopic (exact) mass is 318 g/mol. The van der Waals surface area contributed by atoms with Crippen molar-refractivity contribution in [2.45, 2.75) is 51.5 Å². The number of rotatable bonds is 5. The Morgan fingerprint density at radius 1 is 1.26 bits per heavy atom. The van der Waals surface area contributed by atoms with Crippen LogP contribution in [-0.2, 0) is 11.2 Å². The van der Waals surface area contributed by atoms with Gasteiger partial charge in [-0.2, -0.15) is 0 Å². The standard InChI is InChI=1S/C17H22N2O4/c1-17(2,9-8-15(21)22)19-16(23)18-12-7-6-11-4-3-5-14(20)13(11)10-12/h6-7,10H,3-5,8-9H2,1-2H3,(H,21,22)(H2,18,19,23). The van der Waals surface area contributed by atoms with E-state index in [-0.39, 0.29) is 12.2 Å². The first kappa shape index (κ1) is 17.0. The molecule has 2 amide bonds. The molecule has 0 bridgehead atoms. The molecule has 23 heavy (non-hydrogen) atoms. The van der Waals surface area contributed by atoms with Crippen molar-refractivity contribution in [3.63, 3.8) is 0 Å². The van der Waals surface area contributed by atoms with Gasteiger partial charge in [0.25, 0.3) is 0 Å². The molecule has 0 saturated heterocycles. The minimum Gasteiger partial charge on any atom is -0.481 e. The molecule has 0 aliphatic heterocycles. The van der Waals surface area contributed by atoms with Crippen molar-refractivity contribution in [3.8, 4) is 0 Å². The Morgan fingerprint density at radius 3 is 2.70 bits per heavy atom. The third-order valence-corrected chi connectivity index (χ3v) is 3.93. The SMILES string of the molecule is CC(C)(CCC(=O)O)NC(=O)Nc1ccc2c(c1)C(=O)CCC2. The number of hydrogen-bond donors (Lipinski definition) is 3. The summed E-state index contributed by atoms with van der Waals surface area (Å²) in [6.45, 7) is 3.54. The molecule has 1 aliphatic carbocycles. The highest BCUT2D eigenvalue weighted by Gasteiger charge is 2.22. The lowest BCUT2D eigenvalue weighted by atomic mass is 9.90. The van der Waals surface area contributed by atoms with Crippen LogP contribution in [-0.4, -0.2) is 28.4 Å². The van der Waals surface area contributed by atoms with Crippen molar-refractivity contribution in [1.29, 1.82) is 0 Å². The molecule has 0 saturated carbocycles. The summed E-state index contributed by atoms with van der Waals surface area (Å²) in [5, 5.41) is 14.2. The van der Waals surface area contributed by atoms with Gasteiger partial charge in [-0.25, -0.2) is 4.79 Å². The number of anilines is 1. The van der Waals surface area contributed by atoms with Crippen molar-refractivity contribution in [3.05, 3.63) is 29.3 Å². The zero-order valence-corrected chi connectivity index (χ0v) is 13.4. The molecule has 124 valence electrons. The first-order chi connectivity index (χ1) is 10.8. The smallest absolute Gasteiger partial charge is 0.319 e. The highest BCUT2D eigenvalue weighted by Crippen LogP contribution is 2.24. The first-order valence-electron chi connectivity index (χ1n) is 7.74. The molecule has 0 aromatic heterocycles. The normalized spacial score (nSPS) is 14.1. The Kier molecular flexibility index (Phi) is 5.03. The minimum absolute atomic E-state index is 0.0133. The molecule has 6 heteroatoms. The number of ketones is 1. The Bertz CT molecular complexity index is 637. The van der Waals surface area contributed by atoms with E-state index in [1.165, 1.54) is 0 Å². The van der Waals surface area contributed by atoms with Gasteiger partial charge in [0.1, 0.15) is 0 Å². The van der Waals surface area contributed by atoms with E-state index in [1.54, 1.807) is 26.0 Å². The quantitative estimate of drug-likeness (QED) is 0.777.